The van der Waals surface area contributed by atoms with Gasteiger partial charge in [-0.1, -0.05) is 72.0 Å². The van der Waals surface area contributed by atoms with Crippen LogP contribution in [0.25, 0.3) is 10.2 Å². The highest BCUT2D eigenvalue weighted by molar-refractivity contribution is 7.89. The molecule has 1 fully saturated rings. The Labute approximate surface area is 202 Å². The van der Waals surface area contributed by atoms with Crippen molar-refractivity contribution in [2.75, 3.05) is 19.8 Å². The van der Waals surface area contributed by atoms with Crippen molar-refractivity contribution in [2.45, 2.75) is 29.7 Å². The molecular formula is C26H26N2O4S2. The normalized spacial score (nSPS) is 16.0. The van der Waals surface area contributed by atoms with E-state index in [1.807, 2.05) is 48.5 Å². The predicted molar refractivity (Wildman–Crippen MR) is 135 cm³/mol. The summed E-state index contributed by atoms with van der Waals surface area (Å²) in [6, 6.07) is 24.7. The van der Waals surface area contributed by atoms with E-state index in [2.05, 4.69) is 16.9 Å². The van der Waals surface area contributed by atoms with Crippen LogP contribution in [0.4, 0.5) is 0 Å². The molecule has 0 spiro atoms. The van der Waals surface area contributed by atoms with Crippen LogP contribution in [0.1, 0.15) is 24.0 Å². The number of sulfonamides is 1. The number of hydrogen-bond acceptors (Lipinski definition) is 5. The van der Waals surface area contributed by atoms with E-state index < -0.39 is 10.0 Å². The van der Waals surface area contributed by atoms with Gasteiger partial charge in [0.05, 0.1) is 21.7 Å². The van der Waals surface area contributed by atoms with Crippen molar-refractivity contribution in [2.24, 2.45) is 0 Å². The Bertz CT molecular complexity index is 1440. The van der Waals surface area contributed by atoms with Crippen molar-refractivity contribution < 1.29 is 13.2 Å². The van der Waals surface area contributed by atoms with Gasteiger partial charge in [0.2, 0.25) is 10.0 Å². The van der Waals surface area contributed by atoms with Gasteiger partial charge in [-0.05, 0) is 42.2 Å². The third-order valence-corrected chi connectivity index (χ3v) is 8.91. The highest BCUT2D eigenvalue weighted by atomic mass is 32.2. The molecule has 0 amide bonds. The van der Waals surface area contributed by atoms with E-state index in [-0.39, 0.29) is 15.2 Å². The van der Waals surface area contributed by atoms with Gasteiger partial charge in [-0.25, -0.2) is 13.1 Å². The molecule has 6 nitrogen and oxygen atoms in total. The van der Waals surface area contributed by atoms with Gasteiger partial charge < -0.3 is 4.74 Å². The highest BCUT2D eigenvalue weighted by Gasteiger charge is 2.35. The molecule has 0 saturated carbocycles. The van der Waals surface area contributed by atoms with E-state index in [0.29, 0.717) is 31.0 Å². The molecule has 8 heteroatoms. The Kier molecular flexibility index (Phi) is 6.40. The molecule has 34 heavy (non-hydrogen) atoms. The van der Waals surface area contributed by atoms with Crippen LogP contribution in [-0.4, -0.2) is 32.7 Å². The average Bonchev–Trinajstić information content (AvgIpc) is 3.19. The standard InChI is InChI=1S/C26H26N2O4S2/c29-25-28(18-20-7-3-1-4-8-20)23-12-11-22(17-24(23)33-25)34(30,31)27-19-26(13-15-32-16-14-26)21-9-5-2-6-10-21/h1-12,17,27H,13-16,18-19H2. The minimum Gasteiger partial charge on any atom is -0.381 e. The van der Waals surface area contributed by atoms with Crippen LogP contribution in [0.15, 0.2) is 88.6 Å². The summed E-state index contributed by atoms with van der Waals surface area (Å²) in [5.41, 5.74) is 2.57. The molecule has 5 rings (SSSR count). The van der Waals surface area contributed by atoms with Gasteiger partial charge in [0.15, 0.2) is 0 Å². The van der Waals surface area contributed by atoms with E-state index >= 15 is 0 Å². The Balaban J connectivity index is 1.41. The number of aromatic nitrogens is 1. The molecule has 1 N–H and O–H groups in total. The van der Waals surface area contributed by atoms with Crippen LogP contribution in [0, 0.1) is 0 Å². The first-order valence-corrected chi connectivity index (χ1v) is 13.6. The summed E-state index contributed by atoms with van der Waals surface area (Å²) >= 11 is 1.07. The third-order valence-electron chi connectivity index (χ3n) is 6.57. The minimum atomic E-state index is -3.76. The van der Waals surface area contributed by atoms with Crippen molar-refractivity contribution in [3.8, 4) is 0 Å². The third kappa shape index (κ3) is 4.59. The summed E-state index contributed by atoms with van der Waals surface area (Å²) < 4.78 is 37.3. The van der Waals surface area contributed by atoms with Crippen LogP contribution in [0.5, 0.6) is 0 Å². The zero-order chi connectivity index (χ0) is 23.6. The van der Waals surface area contributed by atoms with Crippen LogP contribution >= 0.6 is 11.3 Å². The maximum atomic E-state index is 13.3. The van der Waals surface area contributed by atoms with Crippen molar-refractivity contribution in [1.29, 1.82) is 0 Å². The lowest BCUT2D eigenvalue weighted by Crippen LogP contribution is -2.44. The smallest absolute Gasteiger partial charge is 0.308 e. The molecule has 1 aromatic heterocycles. The lowest BCUT2D eigenvalue weighted by molar-refractivity contribution is 0.0517. The largest absolute Gasteiger partial charge is 0.381 e. The second-order valence-electron chi connectivity index (χ2n) is 8.65. The van der Waals surface area contributed by atoms with E-state index in [9.17, 15) is 13.2 Å². The molecule has 0 atom stereocenters. The number of thiazole rings is 1. The quantitative estimate of drug-likeness (QED) is 0.419. The number of fused-ring (bicyclic) bond motifs is 1. The number of hydrogen-bond donors (Lipinski definition) is 1. The molecule has 0 aliphatic carbocycles. The van der Waals surface area contributed by atoms with Gasteiger partial charge in [0.1, 0.15) is 0 Å². The van der Waals surface area contributed by atoms with Crippen LogP contribution < -0.4 is 9.60 Å². The monoisotopic (exact) mass is 494 g/mol. The first kappa shape index (κ1) is 23.0. The summed E-state index contributed by atoms with van der Waals surface area (Å²) in [4.78, 5) is 12.7. The van der Waals surface area contributed by atoms with Crippen LogP contribution in [0.3, 0.4) is 0 Å². The van der Waals surface area contributed by atoms with Crippen molar-refractivity contribution in [3.63, 3.8) is 0 Å². The average molecular weight is 495 g/mol. The van der Waals surface area contributed by atoms with E-state index in [1.54, 1.807) is 22.8 Å². The number of nitrogens with zero attached hydrogens (tertiary/aromatic N) is 1. The number of rotatable bonds is 7. The molecule has 4 aromatic rings. The Morgan fingerprint density at radius 3 is 2.32 bits per heavy atom. The summed E-state index contributed by atoms with van der Waals surface area (Å²) in [7, 11) is -3.76. The highest BCUT2D eigenvalue weighted by Crippen LogP contribution is 2.34. The lowest BCUT2D eigenvalue weighted by Gasteiger charge is -2.37. The van der Waals surface area contributed by atoms with Gasteiger partial charge in [0.25, 0.3) is 0 Å². The van der Waals surface area contributed by atoms with Gasteiger partial charge in [0, 0.05) is 25.2 Å². The molecule has 1 aliphatic rings. The Hall–Kier alpha value is -2.78. The summed E-state index contributed by atoms with van der Waals surface area (Å²) in [5.74, 6) is 0. The molecule has 176 valence electrons. The summed E-state index contributed by atoms with van der Waals surface area (Å²) in [6.45, 7) is 1.95. The van der Waals surface area contributed by atoms with Gasteiger partial charge in [-0.2, -0.15) is 0 Å². The first-order chi connectivity index (χ1) is 16.5. The van der Waals surface area contributed by atoms with Crippen molar-refractivity contribution >= 4 is 31.6 Å². The van der Waals surface area contributed by atoms with Gasteiger partial charge >= 0.3 is 4.87 Å². The molecule has 2 heterocycles. The molecule has 1 saturated heterocycles. The van der Waals surface area contributed by atoms with Gasteiger partial charge in [-0.3, -0.25) is 9.36 Å². The molecule has 0 unspecified atom stereocenters. The van der Waals surface area contributed by atoms with Crippen molar-refractivity contribution in [1.82, 2.24) is 9.29 Å². The van der Waals surface area contributed by atoms with E-state index in [4.69, 9.17) is 4.74 Å². The maximum absolute atomic E-state index is 13.3. The zero-order valence-corrected chi connectivity index (χ0v) is 20.3. The SMILES string of the molecule is O=c1sc2cc(S(=O)(=O)NCC3(c4ccccc4)CCOCC3)ccc2n1Cc1ccccc1. The summed E-state index contributed by atoms with van der Waals surface area (Å²) in [6.07, 6.45) is 1.51. The molecule has 0 bridgehead atoms. The number of ether oxygens (including phenoxy) is 1. The fraction of sp³-hybridized carbons (Fsp3) is 0.269. The van der Waals surface area contributed by atoms with E-state index in [0.717, 1.165) is 40.8 Å². The van der Waals surface area contributed by atoms with E-state index in [1.165, 1.54) is 0 Å². The zero-order valence-electron chi connectivity index (χ0n) is 18.6. The predicted octanol–water partition coefficient (Wildman–Crippen LogP) is 4.14. The second-order valence-corrected chi connectivity index (χ2v) is 11.4. The number of benzene rings is 3. The fourth-order valence-corrected chi connectivity index (χ4v) is 6.73. The topological polar surface area (TPSA) is 77.4 Å². The number of nitrogens with one attached hydrogen (secondary N) is 1. The minimum absolute atomic E-state index is 0.105. The van der Waals surface area contributed by atoms with Crippen molar-refractivity contribution in [3.05, 3.63) is 99.7 Å². The Morgan fingerprint density at radius 2 is 1.62 bits per heavy atom. The Morgan fingerprint density at radius 1 is 0.941 bits per heavy atom. The van der Waals surface area contributed by atoms with Crippen LogP contribution in [0.2, 0.25) is 0 Å². The molecule has 0 radical (unpaired) electrons. The summed E-state index contributed by atoms with van der Waals surface area (Å²) in [5, 5.41) is 0. The molecule has 1 aliphatic heterocycles. The molecule has 3 aromatic carbocycles. The van der Waals surface area contributed by atoms with Crippen LogP contribution in [-0.2, 0) is 26.7 Å². The fourth-order valence-electron chi connectivity index (χ4n) is 4.57. The second kappa shape index (κ2) is 9.46. The molecular weight excluding hydrogens is 468 g/mol. The first-order valence-electron chi connectivity index (χ1n) is 11.3. The van der Waals surface area contributed by atoms with Gasteiger partial charge in [-0.15, -0.1) is 0 Å². The lowest BCUT2D eigenvalue weighted by atomic mass is 9.74. The maximum Gasteiger partial charge on any atom is 0.308 e.